The SMILES string of the molecule is CCOC(=O)C(C)(CCO)c1ccc(N)cc1F. The summed E-state index contributed by atoms with van der Waals surface area (Å²) in [5.41, 5.74) is 4.74. The van der Waals surface area contributed by atoms with E-state index in [1.165, 1.54) is 12.1 Å². The van der Waals surface area contributed by atoms with Crippen LogP contribution in [0, 0.1) is 5.82 Å². The molecule has 0 radical (unpaired) electrons. The highest BCUT2D eigenvalue weighted by molar-refractivity contribution is 5.83. The van der Waals surface area contributed by atoms with Crippen molar-refractivity contribution in [1.82, 2.24) is 0 Å². The van der Waals surface area contributed by atoms with Crippen molar-refractivity contribution in [2.75, 3.05) is 18.9 Å². The molecule has 0 bridgehead atoms. The smallest absolute Gasteiger partial charge is 0.316 e. The van der Waals surface area contributed by atoms with Crippen LogP contribution in [0.15, 0.2) is 18.2 Å². The first-order valence-electron chi connectivity index (χ1n) is 5.79. The van der Waals surface area contributed by atoms with Crippen molar-refractivity contribution in [3.8, 4) is 0 Å². The number of ether oxygens (including phenoxy) is 1. The Hall–Kier alpha value is -1.62. The van der Waals surface area contributed by atoms with E-state index in [0.29, 0.717) is 0 Å². The van der Waals surface area contributed by atoms with Crippen LogP contribution in [0.3, 0.4) is 0 Å². The summed E-state index contributed by atoms with van der Waals surface area (Å²) in [5.74, 6) is -1.12. The number of aliphatic hydroxyl groups is 1. The number of carbonyl (C=O) groups is 1. The lowest BCUT2D eigenvalue weighted by Crippen LogP contribution is -2.36. The summed E-state index contributed by atoms with van der Waals surface area (Å²) >= 11 is 0. The lowest BCUT2D eigenvalue weighted by molar-refractivity contribution is -0.150. The van der Waals surface area contributed by atoms with Gasteiger partial charge in [-0.2, -0.15) is 0 Å². The standard InChI is InChI=1S/C13H18FNO3/c1-3-18-12(17)13(2,6-7-16)10-5-4-9(15)8-11(10)14/h4-5,8,16H,3,6-7,15H2,1-2H3. The molecule has 1 atom stereocenters. The number of hydrogen-bond donors (Lipinski definition) is 2. The van der Waals surface area contributed by atoms with Crippen LogP contribution in [0.25, 0.3) is 0 Å². The Morgan fingerprint density at radius 3 is 2.72 bits per heavy atom. The van der Waals surface area contributed by atoms with Gasteiger partial charge in [0.15, 0.2) is 0 Å². The number of hydrogen-bond acceptors (Lipinski definition) is 4. The molecule has 4 nitrogen and oxygen atoms in total. The molecule has 1 aromatic carbocycles. The lowest BCUT2D eigenvalue weighted by Gasteiger charge is -2.27. The quantitative estimate of drug-likeness (QED) is 0.619. The number of rotatable bonds is 5. The monoisotopic (exact) mass is 255 g/mol. The second kappa shape index (κ2) is 5.82. The molecule has 0 fully saturated rings. The van der Waals surface area contributed by atoms with Crippen molar-refractivity contribution in [3.63, 3.8) is 0 Å². The van der Waals surface area contributed by atoms with E-state index in [4.69, 9.17) is 15.6 Å². The van der Waals surface area contributed by atoms with Gasteiger partial charge in [-0.1, -0.05) is 6.07 Å². The van der Waals surface area contributed by atoms with E-state index < -0.39 is 17.2 Å². The predicted molar refractivity (Wildman–Crippen MR) is 66.5 cm³/mol. The Kier molecular flexibility index (Phi) is 4.67. The van der Waals surface area contributed by atoms with Gasteiger partial charge in [0.2, 0.25) is 0 Å². The zero-order valence-electron chi connectivity index (χ0n) is 10.6. The van der Waals surface area contributed by atoms with Gasteiger partial charge in [0.25, 0.3) is 0 Å². The van der Waals surface area contributed by atoms with Gasteiger partial charge in [-0.25, -0.2) is 4.39 Å². The highest BCUT2D eigenvalue weighted by Gasteiger charge is 2.38. The number of esters is 1. The van der Waals surface area contributed by atoms with Crippen molar-refractivity contribution in [2.24, 2.45) is 0 Å². The molecule has 18 heavy (non-hydrogen) atoms. The van der Waals surface area contributed by atoms with Gasteiger partial charge in [0.05, 0.1) is 12.0 Å². The molecule has 0 amide bonds. The van der Waals surface area contributed by atoms with Gasteiger partial charge < -0.3 is 15.6 Å². The van der Waals surface area contributed by atoms with Crippen LogP contribution >= 0.6 is 0 Å². The molecule has 1 unspecified atom stereocenters. The number of nitrogen functional groups attached to an aromatic ring is 1. The summed E-state index contributed by atoms with van der Waals surface area (Å²) in [6.45, 7) is 3.20. The molecular formula is C13H18FNO3. The topological polar surface area (TPSA) is 72.5 Å². The first-order chi connectivity index (χ1) is 8.45. The number of nitrogens with two attached hydrogens (primary N) is 1. The number of anilines is 1. The van der Waals surface area contributed by atoms with Crippen LogP contribution in [-0.2, 0) is 14.9 Å². The number of aliphatic hydroxyl groups excluding tert-OH is 1. The zero-order valence-corrected chi connectivity index (χ0v) is 10.6. The minimum Gasteiger partial charge on any atom is -0.465 e. The van der Waals surface area contributed by atoms with Crippen LogP contribution in [0.4, 0.5) is 10.1 Å². The van der Waals surface area contributed by atoms with Crippen molar-refractivity contribution >= 4 is 11.7 Å². The fourth-order valence-corrected chi connectivity index (χ4v) is 1.84. The molecule has 5 heteroatoms. The molecule has 0 saturated carbocycles. The Labute approximate surface area is 106 Å². The fraction of sp³-hybridized carbons (Fsp3) is 0.462. The number of benzene rings is 1. The molecule has 0 saturated heterocycles. The van der Waals surface area contributed by atoms with E-state index in [1.54, 1.807) is 13.8 Å². The molecule has 0 aliphatic carbocycles. The van der Waals surface area contributed by atoms with Gasteiger partial charge in [0.1, 0.15) is 5.82 Å². The van der Waals surface area contributed by atoms with Crippen LogP contribution < -0.4 is 5.73 Å². The average molecular weight is 255 g/mol. The lowest BCUT2D eigenvalue weighted by atomic mass is 9.79. The summed E-state index contributed by atoms with van der Waals surface area (Å²) in [4.78, 5) is 12.0. The number of carbonyl (C=O) groups excluding carboxylic acids is 1. The third kappa shape index (κ3) is 2.79. The molecule has 0 aliphatic heterocycles. The van der Waals surface area contributed by atoms with E-state index >= 15 is 0 Å². The Bertz CT molecular complexity index is 436. The normalized spacial score (nSPS) is 14.0. The molecule has 3 N–H and O–H groups in total. The highest BCUT2D eigenvalue weighted by Crippen LogP contribution is 2.32. The van der Waals surface area contributed by atoms with Gasteiger partial charge in [-0.3, -0.25) is 4.79 Å². The zero-order chi connectivity index (χ0) is 13.8. The Balaban J connectivity index is 3.21. The van der Waals surface area contributed by atoms with Crippen molar-refractivity contribution in [2.45, 2.75) is 25.7 Å². The van der Waals surface area contributed by atoms with Gasteiger partial charge in [-0.05, 0) is 32.4 Å². The maximum Gasteiger partial charge on any atom is 0.316 e. The number of halogens is 1. The summed E-state index contributed by atoms with van der Waals surface area (Å²) in [5, 5.41) is 9.07. The average Bonchev–Trinajstić information content (AvgIpc) is 2.29. The minimum atomic E-state index is -1.21. The summed E-state index contributed by atoms with van der Waals surface area (Å²) in [6.07, 6.45) is 0.0900. The van der Waals surface area contributed by atoms with Crippen molar-refractivity contribution in [1.29, 1.82) is 0 Å². The Morgan fingerprint density at radius 2 is 2.22 bits per heavy atom. The van der Waals surface area contributed by atoms with E-state index in [1.807, 2.05) is 0 Å². The van der Waals surface area contributed by atoms with Crippen LogP contribution in [0.2, 0.25) is 0 Å². The summed E-state index contributed by atoms with van der Waals surface area (Å²) in [7, 11) is 0. The maximum atomic E-state index is 13.9. The predicted octanol–water partition coefficient (Wildman–Crippen LogP) is 1.61. The fourth-order valence-electron chi connectivity index (χ4n) is 1.84. The molecule has 0 aliphatic rings. The molecule has 0 aromatic heterocycles. The molecule has 1 aromatic rings. The highest BCUT2D eigenvalue weighted by atomic mass is 19.1. The van der Waals surface area contributed by atoms with Crippen molar-refractivity contribution in [3.05, 3.63) is 29.6 Å². The van der Waals surface area contributed by atoms with Crippen LogP contribution in [-0.4, -0.2) is 24.3 Å². The summed E-state index contributed by atoms with van der Waals surface area (Å²) in [6, 6.07) is 4.13. The largest absolute Gasteiger partial charge is 0.465 e. The first kappa shape index (κ1) is 14.4. The van der Waals surface area contributed by atoms with Crippen LogP contribution in [0.5, 0.6) is 0 Å². The first-order valence-corrected chi connectivity index (χ1v) is 5.79. The second-order valence-corrected chi connectivity index (χ2v) is 4.27. The minimum absolute atomic E-state index is 0.0900. The third-order valence-electron chi connectivity index (χ3n) is 2.93. The summed E-state index contributed by atoms with van der Waals surface area (Å²) < 4.78 is 18.9. The Morgan fingerprint density at radius 1 is 1.56 bits per heavy atom. The molecular weight excluding hydrogens is 237 g/mol. The van der Waals surface area contributed by atoms with Gasteiger partial charge in [-0.15, -0.1) is 0 Å². The molecule has 100 valence electrons. The van der Waals surface area contributed by atoms with E-state index in [-0.39, 0.29) is 30.9 Å². The van der Waals surface area contributed by atoms with E-state index in [0.717, 1.165) is 6.07 Å². The molecule has 0 spiro atoms. The van der Waals surface area contributed by atoms with Gasteiger partial charge in [0, 0.05) is 17.9 Å². The molecule has 0 heterocycles. The third-order valence-corrected chi connectivity index (χ3v) is 2.93. The van der Waals surface area contributed by atoms with Gasteiger partial charge >= 0.3 is 5.97 Å². The van der Waals surface area contributed by atoms with Crippen molar-refractivity contribution < 1.29 is 19.0 Å². The second-order valence-electron chi connectivity index (χ2n) is 4.27. The maximum absolute atomic E-state index is 13.9. The van der Waals surface area contributed by atoms with E-state index in [2.05, 4.69) is 0 Å². The van der Waals surface area contributed by atoms with Crippen LogP contribution in [0.1, 0.15) is 25.8 Å². The molecule has 1 rings (SSSR count). The van der Waals surface area contributed by atoms with E-state index in [9.17, 15) is 9.18 Å².